The second-order valence-corrected chi connectivity index (χ2v) is 8.88. The van der Waals surface area contributed by atoms with E-state index in [0.29, 0.717) is 5.75 Å². The maximum absolute atomic E-state index is 14.5. The lowest BCUT2D eigenvalue weighted by atomic mass is 9.93. The molecule has 1 aromatic carbocycles. The van der Waals surface area contributed by atoms with Crippen LogP contribution in [0.25, 0.3) is 16.9 Å². The van der Waals surface area contributed by atoms with Crippen molar-refractivity contribution >= 4 is 17.5 Å². The molecule has 3 heterocycles. The third-order valence-corrected chi connectivity index (χ3v) is 6.18. The average molecular weight is 576 g/mol. The van der Waals surface area contributed by atoms with Gasteiger partial charge in [0.25, 0.3) is 5.91 Å². The molecule has 0 aliphatic heterocycles. The first kappa shape index (κ1) is 29.3. The fraction of sp³-hybridized carbons (Fsp3) is 0.259. The first-order valence-corrected chi connectivity index (χ1v) is 12.2. The highest BCUT2D eigenvalue weighted by molar-refractivity contribution is 5.93. The van der Waals surface area contributed by atoms with Crippen LogP contribution >= 0.6 is 0 Å². The summed E-state index contributed by atoms with van der Waals surface area (Å²) in [6, 6.07) is 8.24. The molecule has 2 amide bonds. The summed E-state index contributed by atoms with van der Waals surface area (Å²) < 4.78 is 69.3. The van der Waals surface area contributed by atoms with Crippen LogP contribution in [-0.4, -0.2) is 57.7 Å². The van der Waals surface area contributed by atoms with Crippen molar-refractivity contribution in [1.29, 1.82) is 0 Å². The number of ether oxygens (including phenoxy) is 2. The van der Waals surface area contributed by atoms with Gasteiger partial charge in [-0.25, -0.2) is 14.4 Å². The number of hydrogen-bond acceptors (Lipinski definition) is 7. The number of nitrogens with zero attached hydrogens (tertiary/aromatic N) is 3. The number of methoxy groups -OCH3 is 1. The maximum Gasteiger partial charge on any atom is 0.424 e. The average Bonchev–Trinajstić information content (AvgIpc) is 3.41. The monoisotopic (exact) mass is 575 g/mol. The second-order valence-electron chi connectivity index (χ2n) is 8.88. The molecule has 14 heteroatoms. The largest absolute Gasteiger partial charge is 0.493 e. The van der Waals surface area contributed by atoms with Gasteiger partial charge in [0, 0.05) is 23.5 Å². The molecule has 10 nitrogen and oxygen atoms in total. The Bertz CT molecular complexity index is 1590. The standard InChI is InChI=1S/C27H25F4N5O5/c1-3-41-23-16(13-21(32)37)12-20(35-22(23)15-4-6-17(28)7-5-15)26(39,27(29,30)31)14-34-25(38)18-8-9-19(40-2)24-33-10-11-36(18)24/h4-12,39H,3,13-14H2,1-2H3,(H2,32,37)(H,34,38)/t26-/m0/s1. The number of rotatable bonds is 10. The van der Waals surface area contributed by atoms with E-state index in [1.165, 1.54) is 48.2 Å². The van der Waals surface area contributed by atoms with Gasteiger partial charge in [-0.3, -0.25) is 14.0 Å². The van der Waals surface area contributed by atoms with Gasteiger partial charge in [-0.05, 0) is 49.4 Å². The van der Waals surface area contributed by atoms with Gasteiger partial charge in [0.05, 0.1) is 32.4 Å². The van der Waals surface area contributed by atoms with Gasteiger partial charge >= 0.3 is 6.18 Å². The number of carbonyl (C=O) groups is 2. The van der Waals surface area contributed by atoms with Crippen molar-refractivity contribution < 1.29 is 41.7 Å². The topological polar surface area (TPSA) is 141 Å². The Balaban J connectivity index is 1.81. The predicted octanol–water partition coefficient (Wildman–Crippen LogP) is 3.15. The van der Waals surface area contributed by atoms with Crippen LogP contribution in [-0.2, 0) is 16.8 Å². The van der Waals surface area contributed by atoms with Gasteiger partial charge in [-0.2, -0.15) is 13.2 Å². The lowest BCUT2D eigenvalue weighted by Gasteiger charge is -2.31. The van der Waals surface area contributed by atoms with E-state index in [0.717, 1.165) is 18.2 Å². The molecule has 0 bridgehead atoms. The Hall–Kier alpha value is -4.72. The molecule has 0 saturated carbocycles. The van der Waals surface area contributed by atoms with Gasteiger partial charge < -0.3 is 25.6 Å². The number of alkyl halides is 3. The summed E-state index contributed by atoms with van der Waals surface area (Å²) in [5.41, 5.74) is 0.715. The number of amides is 2. The molecule has 4 rings (SSSR count). The number of halogens is 4. The number of nitrogens with one attached hydrogen (secondary N) is 1. The molecule has 0 saturated heterocycles. The Labute approximate surface area is 230 Å². The van der Waals surface area contributed by atoms with E-state index >= 15 is 0 Å². The van der Waals surface area contributed by atoms with Crippen molar-refractivity contribution in [2.24, 2.45) is 5.73 Å². The van der Waals surface area contributed by atoms with E-state index in [9.17, 15) is 32.3 Å². The fourth-order valence-electron chi connectivity index (χ4n) is 4.19. The van der Waals surface area contributed by atoms with Crippen LogP contribution < -0.4 is 20.5 Å². The summed E-state index contributed by atoms with van der Waals surface area (Å²) >= 11 is 0. The number of aromatic nitrogens is 3. The van der Waals surface area contributed by atoms with Crippen LogP contribution in [0.15, 0.2) is 54.9 Å². The zero-order valence-electron chi connectivity index (χ0n) is 21.8. The summed E-state index contributed by atoms with van der Waals surface area (Å²) in [4.78, 5) is 33.0. The van der Waals surface area contributed by atoms with E-state index < -0.39 is 48.1 Å². The summed E-state index contributed by atoms with van der Waals surface area (Å²) in [6.45, 7) is 0.303. The third-order valence-electron chi connectivity index (χ3n) is 6.18. The van der Waals surface area contributed by atoms with Gasteiger partial charge in [-0.1, -0.05) is 0 Å². The number of hydrogen-bond donors (Lipinski definition) is 3. The quantitative estimate of drug-likeness (QED) is 0.247. The first-order valence-electron chi connectivity index (χ1n) is 12.2. The number of benzene rings is 1. The summed E-state index contributed by atoms with van der Waals surface area (Å²) in [6.07, 6.45) is -3.11. The molecule has 0 aliphatic rings. The molecule has 0 radical (unpaired) electrons. The normalized spacial score (nSPS) is 13.0. The van der Waals surface area contributed by atoms with Gasteiger partial charge in [0.2, 0.25) is 11.5 Å². The molecule has 0 unspecified atom stereocenters. The predicted molar refractivity (Wildman–Crippen MR) is 138 cm³/mol. The van der Waals surface area contributed by atoms with Gasteiger partial charge in [-0.15, -0.1) is 0 Å². The minimum atomic E-state index is -5.35. The summed E-state index contributed by atoms with van der Waals surface area (Å²) in [5, 5.41) is 13.2. The Morgan fingerprint density at radius 3 is 2.46 bits per heavy atom. The summed E-state index contributed by atoms with van der Waals surface area (Å²) in [5.74, 6) is -2.19. The van der Waals surface area contributed by atoms with Crippen molar-refractivity contribution in [3.05, 3.63) is 77.6 Å². The lowest BCUT2D eigenvalue weighted by Crippen LogP contribution is -2.51. The number of fused-ring (bicyclic) bond motifs is 1. The molecular formula is C27H25F4N5O5. The zero-order valence-corrected chi connectivity index (χ0v) is 21.8. The maximum atomic E-state index is 14.5. The molecule has 0 spiro atoms. The molecule has 216 valence electrons. The number of aliphatic hydroxyl groups is 1. The Morgan fingerprint density at radius 2 is 1.85 bits per heavy atom. The fourth-order valence-corrected chi connectivity index (χ4v) is 4.19. The molecule has 1 atom stereocenters. The number of carbonyl (C=O) groups excluding carboxylic acids is 2. The summed E-state index contributed by atoms with van der Waals surface area (Å²) in [7, 11) is 1.39. The van der Waals surface area contributed by atoms with Crippen molar-refractivity contribution in [2.75, 3.05) is 20.3 Å². The van der Waals surface area contributed by atoms with E-state index in [2.05, 4.69) is 15.3 Å². The van der Waals surface area contributed by atoms with Crippen LogP contribution in [0.2, 0.25) is 0 Å². The second kappa shape index (κ2) is 11.4. The van der Waals surface area contributed by atoms with Crippen LogP contribution in [0, 0.1) is 5.82 Å². The Morgan fingerprint density at radius 1 is 1.15 bits per heavy atom. The highest BCUT2D eigenvalue weighted by Gasteiger charge is 2.56. The molecule has 0 fully saturated rings. The van der Waals surface area contributed by atoms with Crippen molar-refractivity contribution in [2.45, 2.75) is 25.1 Å². The zero-order chi connectivity index (χ0) is 29.9. The van der Waals surface area contributed by atoms with Crippen LogP contribution in [0.5, 0.6) is 11.5 Å². The number of nitrogens with two attached hydrogens (primary N) is 1. The lowest BCUT2D eigenvalue weighted by molar-refractivity contribution is -0.265. The van der Waals surface area contributed by atoms with Gasteiger partial charge in [0.15, 0.2) is 11.4 Å². The van der Waals surface area contributed by atoms with Crippen LogP contribution in [0.4, 0.5) is 17.6 Å². The SMILES string of the molecule is CCOc1c(CC(N)=O)cc([C@@](O)(CNC(=O)c2ccc(OC)c3nccn23)C(F)(F)F)nc1-c1ccc(F)cc1. The van der Waals surface area contributed by atoms with Crippen LogP contribution in [0.3, 0.4) is 0 Å². The molecule has 3 aromatic heterocycles. The molecule has 41 heavy (non-hydrogen) atoms. The number of imidazole rings is 1. The van der Waals surface area contributed by atoms with Crippen molar-refractivity contribution in [3.8, 4) is 22.8 Å². The van der Waals surface area contributed by atoms with E-state index in [4.69, 9.17) is 15.2 Å². The third kappa shape index (κ3) is 5.77. The molecular weight excluding hydrogens is 550 g/mol. The van der Waals surface area contributed by atoms with Crippen molar-refractivity contribution in [1.82, 2.24) is 19.7 Å². The number of pyridine rings is 2. The number of primary amides is 1. The molecule has 4 N–H and O–H groups in total. The highest BCUT2D eigenvalue weighted by atomic mass is 19.4. The smallest absolute Gasteiger partial charge is 0.424 e. The Kier molecular flexibility index (Phi) is 8.14. The van der Waals surface area contributed by atoms with Gasteiger partial charge in [0.1, 0.15) is 23.0 Å². The highest BCUT2D eigenvalue weighted by Crippen LogP contribution is 2.42. The first-order chi connectivity index (χ1) is 19.4. The van der Waals surface area contributed by atoms with Crippen LogP contribution in [0.1, 0.15) is 28.7 Å². The minimum absolute atomic E-state index is 0.0468. The van der Waals surface area contributed by atoms with E-state index in [-0.39, 0.29) is 40.5 Å². The minimum Gasteiger partial charge on any atom is -0.493 e. The van der Waals surface area contributed by atoms with E-state index in [1.54, 1.807) is 6.92 Å². The van der Waals surface area contributed by atoms with Crippen molar-refractivity contribution in [3.63, 3.8) is 0 Å². The van der Waals surface area contributed by atoms with E-state index in [1.807, 2.05) is 0 Å². The molecule has 4 aromatic rings. The molecule has 0 aliphatic carbocycles.